The molecular formula is C19H32N2O. The molecule has 1 heterocycles. The Labute approximate surface area is 136 Å². The third-order valence-corrected chi connectivity index (χ3v) is 4.24. The molecule has 1 aromatic rings. The molecule has 1 N–H and O–H groups in total. The molecule has 0 spiro atoms. The summed E-state index contributed by atoms with van der Waals surface area (Å²) in [5.74, 6) is 1.06. The smallest absolute Gasteiger partial charge is 0.123 e. The van der Waals surface area contributed by atoms with Crippen LogP contribution in [0.15, 0.2) is 18.2 Å². The fourth-order valence-corrected chi connectivity index (χ4v) is 2.88. The number of hydrogen-bond acceptors (Lipinski definition) is 3. The van der Waals surface area contributed by atoms with Crippen molar-refractivity contribution in [1.29, 1.82) is 0 Å². The Balaban J connectivity index is 2.05. The van der Waals surface area contributed by atoms with Gasteiger partial charge in [-0.25, -0.2) is 0 Å². The van der Waals surface area contributed by atoms with E-state index in [1.165, 1.54) is 24.2 Å². The predicted octanol–water partition coefficient (Wildman–Crippen LogP) is 3.22. The molecule has 0 bridgehead atoms. The fourth-order valence-electron chi connectivity index (χ4n) is 2.88. The first-order valence-corrected chi connectivity index (χ1v) is 8.70. The van der Waals surface area contributed by atoms with Gasteiger partial charge >= 0.3 is 0 Å². The second kappa shape index (κ2) is 7.98. The standard InChI is InChI=1S/C19H32N2O/c1-5-14-22-18-7-6-16(15-17(18)19(2,3)4)8-11-21-12-9-20-10-13-21/h6-7,15,20H,5,8-14H2,1-4H3. The largest absolute Gasteiger partial charge is 0.493 e. The first-order chi connectivity index (χ1) is 10.5. The molecule has 1 saturated heterocycles. The average molecular weight is 304 g/mol. The zero-order valence-corrected chi connectivity index (χ0v) is 14.7. The van der Waals surface area contributed by atoms with Crippen LogP contribution in [0.25, 0.3) is 0 Å². The van der Waals surface area contributed by atoms with Crippen molar-refractivity contribution in [1.82, 2.24) is 10.2 Å². The van der Waals surface area contributed by atoms with Crippen LogP contribution in [0.2, 0.25) is 0 Å². The van der Waals surface area contributed by atoms with Gasteiger partial charge in [-0.3, -0.25) is 0 Å². The summed E-state index contributed by atoms with van der Waals surface area (Å²) in [6, 6.07) is 6.76. The number of hydrogen-bond donors (Lipinski definition) is 1. The SMILES string of the molecule is CCCOc1ccc(CCN2CCNCC2)cc1C(C)(C)C. The summed E-state index contributed by atoms with van der Waals surface area (Å²) in [4.78, 5) is 2.55. The summed E-state index contributed by atoms with van der Waals surface area (Å²) in [7, 11) is 0. The molecular weight excluding hydrogens is 272 g/mol. The molecule has 22 heavy (non-hydrogen) atoms. The van der Waals surface area contributed by atoms with Crippen LogP contribution in [-0.2, 0) is 11.8 Å². The molecule has 0 aromatic heterocycles. The molecule has 1 fully saturated rings. The Hall–Kier alpha value is -1.06. The van der Waals surface area contributed by atoms with E-state index in [0.29, 0.717) is 0 Å². The molecule has 0 unspecified atom stereocenters. The van der Waals surface area contributed by atoms with Crippen LogP contribution < -0.4 is 10.1 Å². The molecule has 0 amide bonds. The van der Waals surface area contributed by atoms with Gasteiger partial charge in [0.1, 0.15) is 5.75 Å². The third kappa shape index (κ3) is 4.99. The van der Waals surface area contributed by atoms with Crippen LogP contribution in [0.3, 0.4) is 0 Å². The second-order valence-corrected chi connectivity index (χ2v) is 7.27. The van der Waals surface area contributed by atoms with Gasteiger partial charge in [0.15, 0.2) is 0 Å². The van der Waals surface area contributed by atoms with E-state index in [9.17, 15) is 0 Å². The van der Waals surface area contributed by atoms with E-state index in [1.807, 2.05) is 0 Å². The molecule has 0 aliphatic carbocycles. The van der Waals surface area contributed by atoms with Gasteiger partial charge in [-0.2, -0.15) is 0 Å². The van der Waals surface area contributed by atoms with Gasteiger partial charge in [0.2, 0.25) is 0 Å². The van der Waals surface area contributed by atoms with E-state index in [-0.39, 0.29) is 5.41 Å². The third-order valence-electron chi connectivity index (χ3n) is 4.24. The Kier molecular flexibility index (Phi) is 6.27. The van der Waals surface area contributed by atoms with Crippen LogP contribution in [-0.4, -0.2) is 44.2 Å². The van der Waals surface area contributed by atoms with Crippen molar-refractivity contribution in [3.05, 3.63) is 29.3 Å². The van der Waals surface area contributed by atoms with Crippen LogP contribution in [0.5, 0.6) is 5.75 Å². The summed E-state index contributed by atoms with van der Waals surface area (Å²) in [5.41, 5.74) is 2.87. The molecule has 0 radical (unpaired) electrons. The summed E-state index contributed by atoms with van der Waals surface area (Å²) in [6.45, 7) is 15.5. The number of rotatable bonds is 6. The topological polar surface area (TPSA) is 24.5 Å². The number of benzene rings is 1. The van der Waals surface area contributed by atoms with E-state index >= 15 is 0 Å². The molecule has 124 valence electrons. The lowest BCUT2D eigenvalue weighted by atomic mass is 9.85. The molecule has 0 saturated carbocycles. The van der Waals surface area contributed by atoms with Gasteiger partial charge in [-0.05, 0) is 35.4 Å². The first-order valence-electron chi connectivity index (χ1n) is 8.70. The maximum absolute atomic E-state index is 5.94. The van der Waals surface area contributed by atoms with Crippen LogP contribution in [0.4, 0.5) is 0 Å². The molecule has 0 atom stereocenters. The molecule has 3 heteroatoms. The van der Waals surface area contributed by atoms with E-state index in [1.54, 1.807) is 0 Å². The minimum atomic E-state index is 0.119. The van der Waals surface area contributed by atoms with Gasteiger partial charge in [0.05, 0.1) is 6.61 Å². The lowest BCUT2D eigenvalue weighted by Gasteiger charge is -2.28. The van der Waals surface area contributed by atoms with Crippen molar-refractivity contribution in [3.63, 3.8) is 0 Å². The molecule has 2 rings (SSSR count). The van der Waals surface area contributed by atoms with Gasteiger partial charge in [0.25, 0.3) is 0 Å². The van der Waals surface area contributed by atoms with Gasteiger partial charge in [0, 0.05) is 32.7 Å². The van der Waals surface area contributed by atoms with Gasteiger partial charge < -0.3 is 15.0 Å². The highest BCUT2D eigenvalue weighted by atomic mass is 16.5. The fraction of sp³-hybridized carbons (Fsp3) is 0.684. The van der Waals surface area contributed by atoms with Crippen LogP contribution >= 0.6 is 0 Å². The van der Waals surface area contributed by atoms with Crippen molar-refractivity contribution in [2.24, 2.45) is 0 Å². The first kappa shape index (κ1) is 17.3. The Morgan fingerprint density at radius 3 is 2.55 bits per heavy atom. The number of nitrogens with one attached hydrogen (secondary N) is 1. The summed E-state index contributed by atoms with van der Waals surface area (Å²) < 4.78 is 5.94. The minimum Gasteiger partial charge on any atom is -0.493 e. The Morgan fingerprint density at radius 1 is 1.18 bits per heavy atom. The highest BCUT2D eigenvalue weighted by Gasteiger charge is 2.20. The number of ether oxygens (including phenoxy) is 1. The summed E-state index contributed by atoms with van der Waals surface area (Å²) in [5, 5.41) is 3.41. The van der Waals surface area contributed by atoms with Crippen molar-refractivity contribution >= 4 is 0 Å². The number of piperazine rings is 1. The minimum absolute atomic E-state index is 0.119. The lowest BCUT2D eigenvalue weighted by molar-refractivity contribution is 0.244. The van der Waals surface area contributed by atoms with E-state index in [2.05, 4.69) is 56.1 Å². The Bertz CT molecular complexity index is 459. The van der Waals surface area contributed by atoms with Crippen molar-refractivity contribution < 1.29 is 4.74 Å². The van der Waals surface area contributed by atoms with E-state index in [4.69, 9.17) is 4.74 Å². The summed E-state index contributed by atoms with van der Waals surface area (Å²) in [6.07, 6.45) is 2.17. The Morgan fingerprint density at radius 2 is 1.91 bits per heavy atom. The van der Waals surface area contributed by atoms with Gasteiger partial charge in [-0.1, -0.05) is 39.8 Å². The molecule has 1 aliphatic rings. The highest BCUT2D eigenvalue weighted by molar-refractivity contribution is 5.41. The normalized spacial score (nSPS) is 16.7. The average Bonchev–Trinajstić information content (AvgIpc) is 2.51. The highest BCUT2D eigenvalue weighted by Crippen LogP contribution is 2.32. The van der Waals surface area contributed by atoms with Gasteiger partial charge in [-0.15, -0.1) is 0 Å². The second-order valence-electron chi connectivity index (χ2n) is 7.27. The maximum Gasteiger partial charge on any atom is 0.123 e. The predicted molar refractivity (Wildman–Crippen MR) is 93.9 cm³/mol. The van der Waals surface area contributed by atoms with E-state index < -0.39 is 0 Å². The quantitative estimate of drug-likeness (QED) is 0.873. The summed E-state index contributed by atoms with van der Waals surface area (Å²) >= 11 is 0. The van der Waals surface area contributed by atoms with Crippen LogP contribution in [0, 0.1) is 0 Å². The van der Waals surface area contributed by atoms with Crippen molar-refractivity contribution in [2.45, 2.75) is 46.0 Å². The van der Waals surface area contributed by atoms with E-state index in [0.717, 1.165) is 44.8 Å². The van der Waals surface area contributed by atoms with Crippen LogP contribution in [0.1, 0.15) is 45.2 Å². The zero-order valence-electron chi connectivity index (χ0n) is 14.7. The zero-order chi connectivity index (χ0) is 16.0. The maximum atomic E-state index is 5.94. The van der Waals surface area contributed by atoms with Crippen molar-refractivity contribution in [3.8, 4) is 5.75 Å². The number of nitrogens with zero attached hydrogens (tertiary/aromatic N) is 1. The molecule has 1 aliphatic heterocycles. The molecule has 1 aromatic carbocycles. The lowest BCUT2D eigenvalue weighted by Crippen LogP contribution is -2.44. The monoisotopic (exact) mass is 304 g/mol. The molecule has 3 nitrogen and oxygen atoms in total. The van der Waals surface area contributed by atoms with Crippen molar-refractivity contribution in [2.75, 3.05) is 39.3 Å².